The maximum absolute atomic E-state index is 12.1. The number of ether oxygens (including phenoxy) is 1. The zero-order valence-electron chi connectivity index (χ0n) is 17.8. The molecule has 1 amide bonds. The number of hydrogen-bond donors (Lipinski definition) is 2. The summed E-state index contributed by atoms with van der Waals surface area (Å²) in [5, 5.41) is 10.9. The van der Waals surface area contributed by atoms with Gasteiger partial charge in [0, 0.05) is 51.5 Å². The van der Waals surface area contributed by atoms with Gasteiger partial charge in [-0.15, -0.1) is 24.0 Å². The highest BCUT2D eigenvalue weighted by molar-refractivity contribution is 14.0. The van der Waals surface area contributed by atoms with Crippen LogP contribution < -0.4 is 10.6 Å². The number of aromatic nitrogens is 2. The molecule has 0 bridgehead atoms. The van der Waals surface area contributed by atoms with E-state index in [0.29, 0.717) is 32.1 Å². The highest BCUT2D eigenvalue weighted by Crippen LogP contribution is 2.11. The lowest BCUT2D eigenvalue weighted by Crippen LogP contribution is -2.44. The molecule has 0 aliphatic heterocycles. The third-order valence-corrected chi connectivity index (χ3v) is 4.02. The molecule has 9 heteroatoms. The number of rotatable bonds is 6. The molecule has 0 aliphatic carbocycles. The summed E-state index contributed by atoms with van der Waals surface area (Å²) in [5.74, 6) is 0.688. The van der Waals surface area contributed by atoms with Crippen molar-refractivity contribution in [2.24, 2.45) is 12.0 Å². The molecule has 1 aromatic heterocycles. The monoisotopic (exact) mass is 494 g/mol. The number of carbonyl (C=O) groups excluding carboxylic acids is 1. The van der Waals surface area contributed by atoms with Crippen LogP contribution in [0.5, 0.6) is 0 Å². The number of hydrogen-bond acceptors (Lipinski definition) is 4. The van der Waals surface area contributed by atoms with E-state index >= 15 is 0 Å². The summed E-state index contributed by atoms with van der Waals surface area (Å²) in [5.41, 5.74) is 2.82. The minimum Gasteiger partial charge on any atom is -0.444 e. The Balaban J connectivity index is 0.00000676. The van der Waals surface area contributed by atoms with Gasteiger partial charge in [-0.1, -0.05) is 0 Å². The number of guanidine groups is 1. The van der Waals surface area contributed by atoms with E-state index in [4.69, 9.17) is 4.74 Å². The second-order valence-corrected chi connectivity index (χ2v) is 7.19. The maximum Gasteiger partial charge on any atom is 0.410 e. The largest absolute Gasteiger partial charge is 0.444 e. The number of nitrogens with zero attached hydrogens (tertiary/aromatic N) is 4. The van der Waals surface area contributed by atoms with Gasteiger partial charge in [0.25, 0.3) is 0 Å². The molecule has 1 rings (SSSR count). The van der Waals surface area contributed by atoms with E-state index in [0.717, 1.165) is 11.4 Å². The number of carbonyl (C=O) groups is 1. The summed E-state index contributed by atoms with van der Waals surface area (Å²) < 4.78 is 7.29. The lowest BCUT2D eigenvalue weighted by atomic mass is 10.2. The molecule has 0 saturated carbocycles. The third-order valence-electron chi connectivity index (χ3n) is 4.02. The summed E-state index contributed by atoms with van der Waals surface area (Å²) in [4.78, 5) is 18.0. The average molecular weight is 494 g/mol. The molecule has 1 heterocycles. The topological polar surface area (TPSA) is 83.8 Å². The molecule has 0 unspecified atom stereocenters. The molecule has 1 aromatic rings. The van der Waals surface area contributed by atoms with Crippen molar-refractivity contribution >= 4 is 36.0 Å². The van der Waals surface area contributed by atoms with Gasteiger partial charge in [-0.25, -0.2) is 4.79 Å². The highest BCUT2D eigenvalue weighted by atomic mass is 127. The number of aryl methyl sites for hydroxylation is 2. The summed E-state index contributed by atoms with van der Waals surface area (Å²) in [6, 6.07) is 0. The number of aliphatic imine (C=N–C) groups is 1. The summed E-state index contributed by atoms with van der Waals surface area (Å²) >= 11 is 0. The standard InChI is InChI=1S/C18H34N6O2.HI/c1-9-24(17(25)26-18(4,5)6)11-10-20-16(19-7)21-12-15-13(2)22-23(8)14(15)3;/h9-12H2,1-8H3,(H2,19,20,21);1H. The fourth-order valence-electron chi connectivity index (χ4n) is 2.48. The molecule has 0 saturated heterocycles. The Bertz CT molecular complexity index is 637. The van der Waals surface area contributed by atoms with Crippen molar-refractivity contribution in [3.05, 3.63) is 17.0 Å². The van der Waals surface area contributed by atoms with E-state index < -0.39 is 5.60 Å². The van der Waals surface area contributed by atoms with Crippen LogP contribution in [0.2, 0.25) is 0 Å². The fraction of sp³-hybridized carbons (Fsp3) is 0.722. The maximum atomic E-state index is 12.1. The quantitative estimate of drug-likeness (QED) is 0.361. The predicted molar refractivity (Wildman–Crippen MR) is 120 cm³/mol. The third kappa shape index (κ3) is 8.35. The van der Waals surface area contributed by atoms with E-state index in [1.165, 1.54) is 5.56 Å². The van der Waals surface area contributed by atoms with Gasteiger partial charge in [0.15, 0.2) is 5.96 Å². The number of halogens is 1. The molecule has 2 N–H and O–H groups in total. The number of nitrogens with one attached hydrogen (secondary N) is 2. The zero-order valence-corrected chi connectivity index (χ0v) is 20.2. The molecular weight excluding hydrogens is 459 g/mol. The Kier molecular flexibility index (Phi) is 10.7. The van der Waals surface area contributed by atoms with Gasteiger partial charge in [0.1, 0.15) is 5.60 Å². The minimum atomic E-state index is -0.491. The van der Waals surface area contributed by atoms with Crippen LogP contribution in [0.1, 0.15) is 44.6 Å². The van der Waals surface area contributed by atoms with Gasteiger partial charge >= 0.3 is 6.09 Å². The van der Waals surface area contributed by atoms with Gasteiger partial charge in [-0.2, -0.15) is 5.10 Å². The van der Waals surface area contributed by atoms with E-state index in [-0.39, 0.29) is 30.1 Å². The first-order valence-electron chi connectivity index (χ1n) is 9.00. The average Bonchev–Trinajstić information content (AvgIpc) is 2.78. The van der Waals surface area contributed by atoms with Crippen molar-refractivity contribution in [3.8, 4) is 0 Å². The van der Waals surface area contributed by atoms with E-state index in [2.05, 4.69) is 20.7 Å². The van der Waals surface area contributed by atoms with Crippen molar-refractivity contribution < 1.29 is 9.53 Å². The van der Waals surface area contributed by atoms with Crippen LogP contribution in [-0.4, -0.2) is 59.0 Å². The molecule has 0 fully saturated rings. The first kappa shape index (κ1) is 25.5. The highest BCUT2D eigenvalue weighted by Gasteiger charge is 2.20. The normalized spacial score (nSPS) is 11.6. The van der Waals surface area contributed by atoms with Crippen molar-refractivity contribution in [2.45, 2.75) is 53.7 Å². The van der Waals surface area contributed by atoms with Crippen molar-refractivity contribution in [2.75, 3.05) is 26.7 Å². The minimum absolute atomic E-state index is 0. The number of likely N-dealkylation sites (N-methyl/N-ethyl adjacent to an activating group) is 1. The van der Waals surface area contributed by atoms with E-state index in [1.54, 1.807) is 11.9 Å². The van der Waals surface area contributed by atoms with Crippen LogP contribution >= 0.6 is 24.0 Å². The Morgan fingerprint density at radius 2 is 1.93 bits per heavy atom. The van der Waals surface area contributed by atoms with Gasteiger partial charge in [0.2, 0.25) is 0 Å². The molecule has 0 spiro atoms. The number of amides is 1. The molecule has 0 radical (unpaired) electrons. The SMILES string of the molecule is CCN(CCNC(=NC)NCc1c(C)nn(C)c1C)C(=O)OC(C)(C)C.I. The Labute approximate surface area is 180 Å². The Hall–Kier alpha value is -1.52. The predicted octanol–water partition coefficient (Wildman–Crippen LogP) is 2.58. The lowest BCUT2D eigenvalue weighted by Gasteiger charge is -2.26. The van der Waals surface area contributed by atoms with Crippen LogP contribution in [-0.2, 0) is 18.3 Å². The smallest absolute Gasteiger partial charge is 0.410 e. The second-order valence-electron chi connectivity index (χ2n) is 7.19. The van der Waals surface area contributed by atoms with Gasteiger partial charge in [0.05, 0.1) is 5.69 Å². The van der Waals surface area contributed by atoms with Crippen molar-refractivity contribution in [3.63, 3.8) is 0 Å². The van der Waals surface area contributed by atoms with Gasteiger partial charge < -0.3 is 20.3 Å². The van der Waals surface area contributed by atoms with Crippen molar-refractivity contribution in [1.82, 2.24) is 25.3 Å². The van der Waals surface area contributed by atoms with Crippen LogP contribution in [0.15, 0.2) is 4.99 Å². The van der Waals surface area contributed by atoms with Gasteiger partial charge in [-0.05, 0) is 41.5 Å². The van der Waals surface area contributed by atoms with E-state index in [9.17, 15) is 4.79 Å². The molecule has 27 heavy (non-hydrogen) atoms. The molecule has 0 aliphatic rings. The fourth-order valence-corrected chi connectivity index (χ4v) is 2.48. The first-order valence-corrected chi connectivity index (χ1v) is 9.00. The Morgan fingerprint density at radius 3 is 2.37 bits per heavy atom. The van der Waals surface area contributed by atoms with Crippen LogP contribution in [0.4, 0.5) is 4.79 Å². The zero-order chi connectivity index (χ0) is 19.9. The van der Waals surface area contributed by atoms with E-state index in [1.807, 2.05) is 53.3 Å². The van der Waals surface area contributed by atoms with Gasteiger partial charge in [-0.3, -0.25) is 9.67 Å². The molecule has 156 valence electrons. The summed E-state index contributed by atoms with van der Waals surface area (Å²) in [6.07, 6.45) is -0.300. The van der Waals surface area contributed by atoms with Crippen molar-refractivity contribution in [1.29, 1.82) is 0 Å². The molecular formula is C18H35IN6O2. The first-order chi connectivity index (χ1) is 12.1. The Morgan fingerprint density at radius 1 is 1.30 bits per heavy atom. The molecule has 8 nitrogen and oxygen atoms in total. The van der Waals surface area contributed by atoms with Crippen LogP contribution in [0, 0.1) is 13.8 Å². The van der Waals surface area contributed by atoms with Crippen LogP contribution in [0.25, 0.3) is 0 Å². The molecule has 0 aromatic carbocycles. The lowest BCUT2D eigenvalue weighted by molar-refractivity contribution is 0.0264. The summed E-state index contributed by atoms with van der Waals surface area (Å²) in [6.45, 7) is 13.9. The van der Waals surface area contributed by atoms with Crippen LogP contribution in [0.3, 0.4) is 0 Å². The molecule has 0 atom stereocenters. The summed E-state index contributed by atoms with van der Waals surface area (Å²) in [7, 11) is 3.67. The second kappa shape index (κ2) is 11.4.